The highest BCUT2D eigenvalue weighted by molar-refractivity contribution is 7.09. The third kappa shape index (κ3) is 3.46. The van der Waals surface area contributed by atoms with Crippen molar-refractivity contribution in [2.45, 2.75) is 13.5 Å². The number of aromatic nitrogens is 2. The zero-order chi connectivity index (χ0) is 16.4. The van der Waals surface area contributed by atoms with Crippen LogP contribution in [-0.2, 0) is 6.54 Å². The second kappa shape index (κ2) is 6.56. The number of aryl methyl sites for hydroxylation is 1. The van der Waals surface area contributed by atoms with E-state index in [4.69, 9.17) is 16.3 Å². The number of rotatable bonds is 4. The van der Waals surface area contributed by atoms with Gasteiger partial charge in [0, 0.05) is 28.2 Å². The molecule has 0 atom stereocenters. The number of hydrogen-bond donors (Lipinski definition) is 0. The minimum Gasteiger partial charge on any atom is -0.496 e. The Kier molecular flexibility index (Phi) is 4.50. The molecule has 0 aliphatic rings. The van der Waals surface area contributed by atoms with E-state index in [-0.39, 0.29) is 5.56 Å². The number of halogens is 1. The van der Waals surface area contributed by atoms with Gasteiger partial charge >= 0.3 is 0 Å². The second-order valence-electron chi connectivity index (χ2n) is 5.14. The second-order valence-corrected chi connectivity index (χ2v) is 6.52. The standard InChI is InChI=1S/C17H15ClN2O2S/c1-11-5-6-20(17(21)7-11)9-16-19-14(10-23-16)13-8-12(18)3-4-15(13)22-2/h3-8,10H,9H2,1-2H3. The van der Waals surface area contributed by atoms with Crippen LogP contribution in [0, 0.1) is 6.92 Å². The average molecular weight is 347 g/mol. The quantitative estimate of drug-likeness (QED) is 0.717. The van der Waals surface area contributed by atoms with Gasteiger partial charge in [0.05, 0.1) is 19.3 Å². The molecule has 2 aromatic heterocycles. The molecule has 0 spiro atoms. The molecule has 0 radical (unpaired) electrons. The van der Waals surface area contributed by atoms with Gasteiger partial charge in [-0.25, -0.2) is 4.98 Å². The Morgan fingerprint density at radius 3 is 2.87 bits per heavy atom. The molecule has 0 fully saturated rings. The Labute approximate surface area is 143 Å². The number of methoxy groups -OCH3 is 1. The topological polar surface area (TPSA) is 44.1 Å². The molecular weight excluding hydrogens is 332 g/mol. The van der Waals surface area contributed by atoms with Crippen LogP contribution in [0.1, 0.15) is 10.6 Å². The molecule has 0 aliphatic heterocycles. The van der Waals surface area contributed by atoms with Crippen LogP contribution in [0.5, 0.6) is 5.75 Å². The van der Waals surface area contributed by atoms with E-state index in [9.17, 15) is 4.79 Å². The third-order valence-corrected chi connectivity index (χ3v) is 4.52. The molecule has 3 rings (SSSR count). The van der Waals surface area contributed by atoms with Crippen LogP contribution < -0.4 is 10.3 Å². The van der Waals surface area contributed by atoms with Crippen molar-refractivity contribution in [2.75, 3.05) is 7.11 Å². The summed E-state index contributed by atoms with van der Waals surface area (Å²) in [5.41, 5.74) is 2.57. The molecule has 0 unspecified atom stereocenters. The lowest BCUT2D eigenvalue weighted by Crippen LogP contribution is -2.19. The van der Waals surface area contributed by atoms with Crippen molar-refractivity contribution in [2.24, 2.45) is 0 Å². The lowest BCUT2D eigenvalue weighted by Gasteiger charge is -2.06. The van der Waals surface area contributed by atoms with Gasteiger partial charge in [0.2, 0.25) is 0 Å². The maximum absolute atomic E-state index is 12.0. The van der Waals surface area contributed by atoms with Gasteiger partial charge in [-0.3, -0.25) is 4.79 Å². The number of benzene rings is 1. The molecule has 1 aromatic carbocycles. The van der Waals surface area contributed by atoms with Crippen LogP contribution in [-0.4, -0.2) is 16.7 Å². The predicted octanol–water partition coefficient (Wildman–Crippen LogP) is 3.99. The van der Waals surface area contributed by atoms with Crippen LogP contribution >= 0.6 is 22.9 Å². The van der Waals surface area contributed by atoms with Crippen molar-refractivity contribution in [3.63, 3.8) is 0 Å². The summed E-state index contributed by atoms with van der Waals surface area (Å²) >= 11 is 7.58. The number of nitrogens with zero attached hydrogens (tertiary/aromatic N) is 2. The fourth-order valence-corrected chi connectivity index (χ4v) is 3.23. The smallest absolute Gasteiger partial charge is 0.251 e. The van der Waals surface area contributed by atoms with Crippen LogP contribution in [0.4, 0.5) is 0 Å². The molecular formula is C17H15ClN2O2S. The monoisotopic (exact) mass is 346 g/mol. The molecule has 6 heteroatoms. The van der Waals surface area contributed by atoms with Gasteiger partial charge in [-0.15, -0.1) is 11.3 Å². The van der Waals surface area contributed by atoms with Gasteiger partial charge in [-0.2, -0.15) is 0 Å². The largest absolute Gasteiger partial charge is 0.496 e. The Morgan fingerprint density at radius 2 is 2.13 bits per heavy atom. The first-order chi connectivity index (χ1) is 11.1. The minimum atomic E-state index is -0.0258. The van der Waals surface area contributed by atoms with Crippen molar-refractivity contribution in [3.8, 4) is 17.0 Å². The summed E-state index contributed by atoms with van der Waals surface area (Å²) in [6.07, 6.45) is 1.79. The van der Waals surface area contributed by atoms with Crippen LogP contribution in [0.2, 0.25) is 5.02 Å². The van der Waals surface area contributed by atoms with Crippen molar-refractivity contribution in [1.29, 1.82) is 0 Å². The SMILES string of the molecule is COc1ccc(Cl)cc1-c1csc(Cn2ccc(C)cc2=O)n1. The van der Waals surface area contributed by atoms with Gasteiger partial charge in [-0.05, 0) is 36.8 Å². The van der Waals surface area contributed by atoms with Crippen LogP contribution in [0.15, 0.2) is 46.7 Å². The summed E-state index contributed by atoms with van der Waals surface area (Å²) in [5.74, 6) is 0.721. The number of thiazole rings is 1. The van der Waals surface area contributed by atoms with Gasteiger partial charge < -0.3 is 9.30 Å². The predicted molar refractivity (Wildman–Crippen MR) is 93.7 cm³/mol. The van der Waals surface area contributed by atoms with Gasteiger partial charge in [0.15, 0.2) is 0 Å². The molecule has 4 nitrogen and oxygen atoms in total. The summed E-state index contributed by atoms with van der Waals surface area (Å²) in [6, 6.07) is 8.96. The van der Waals surface area contributed by atoms with E-state index in [1.165, 1.54) is 11.3 Å². The van der Waals surface area contributed by atoms with E-state index < -0.39 is 0 Å². The summed E-state index contributed by atoms with van der Waals surface area (Å²) in [5, 5.41) is 3.43. The molecule has 0 amide bonds. The average Bonchev–Trinajstić information content (AvgIpc) is 2.98. The fraction of sp³-hybridized carbons (Fsp3) is 0.176. The lowest BCUT2D eigenvalue weighted by atomic mass is 10.1. The Balaban J connectivity index is 1.92. The Bertz CT molecular complexity index is 902. The molecule has 0 saturated heterocycles. The van der Waals surface area contributed by atoms with Gasteiger partial charge in [0.25, 0.3) is 5.56 Å². The molecule has 118 valence electrons. The number of hydrogen-bond acceptors (Lipinski definition) is 4. The molecule has 23 heavy (non-hydrogen) atoms. The first-order valence-electron chi connectivity index (χ1n) is 7.02. The van der Waals surface area contributed by atoms with Gasteiger partial charge in [0.1, 0.15) is 10.8 Å². The summed E-state index contributed by atoms with van der Waals surface area (Å²) in [7, 11) is 1.62. The third-order valence-electron chi connectivity index (χ3n) is 3.45. The zero-order valence-corrected chi connectivity index (χ0v) is 14.3. The van der Waals surface area contributed by atoms with Crippen molar-refractivity contribution in [3.05, 3.63) is 67.9 Å². The maximum Gasteiger partial charge on any atom is 0.251 e. The molecule has 0 N–H and O–H groups in total. The first-order valence-corrected chi connectivity index (χ1v) is 8.28. The van der Waals surface area contributed by atoms with Crippen molar-refractivity contribution < 1.29 is 4.74 Å². The summed E-state index contributed by atoms with van der Waals surface area (Å²) in [6.45, 7) is 2.35. The molecule has 0 aliphatic carbocycles. The van der Waals surface area contributed by atoms with E-state index in [0.717, 1.165) is 27.6 Å². The van der Waals surface area contributed by atoms with Crippen molar-refractivity contribution >= 4 is 22.9 Å². The molecule has 2 heterocycles. The normalized spacial score (nSPS) is 10.7. The van der Waals surface area contributed by atoms with Crippen LogP contribution in [0.25, 0.3) is 11.3 Å². The first kappa shape index (κ1) is 15.8. The summed E-state index contributed by atoms with van der Waals surface area (Å²) < 4.78 is 7.01. The van der Waals surface area contributed by atoms with E-state index in [2.05, 4.69) is 4.98 Å². The molecule has 0 bridgehead atoms. The van der Waals surface area contributed by atoms with E-state index >= 15 is 0 Å². The lowest BCUT2D eigenvalue weighted by molar-refractivity contribution is 0.416. The highest BCUT2D eigenvalue weighted by Gasteiger charge is 2.11. The molecule has 0 saturated carbocycles. The fourth-order valence-electron chi connectivity index (χ4n) is 2.27. The van der Waals surface area contributed by atoms with E-state index in [0.29, 0.717) is 11.6 Å². The van der Waals surface area contributed by atoms with Gasteiger partial charge in [-0.1, -0.05) is 11.6 Å². The summed E-state index contributed by atoms with van der Waals surface area (Å²) in [4.78, 5) is 16.6. The van der Waals surface area contributed by atoms with E-state index in [1.54, 1.807) is 30.0 Å². The van der Waals surface area contributed by atoms with E-state index in [1.807, 2.05) is 30.5 Å². The maximum atomic E-state index is 12.0. The highest BCUT2D eigenvalue weighted by Crippen LogP contribution is 2.33. The van der Waals surface area contributed by atoms with Crippen LogP contribution in [0.3, 0.4) is 0 Å². The Morgan fingerprint density at radius 1 is 1.30 bits per heavy atom. The minimum absolute atomic E-state index is 0.0258. The Hall–Kier alpha value is -2.11. The molecule has 3 aromatic rings. The highest BCUT2D eigenvalue weighted by atomic mass is 35.5. The van der Waals surface area contributed by atoms with Crippen molar-refractivity contribution in [1.82, 2.24) is 9.55 Å². The number of ether oxygens (including phenoxy) is 1. The number of pyridine rings is 1. The zero-order valence-electron chi connectivity index (χ0n) is 12.7.